The van der Waals surface area contributed by atoms with Crippen LogP contribution in [0.5, 0.6) is 0 Å². The fourth-order valence-electron chi connectivity index (χ4n) is 2.79. The van der Waals surface area contributed by atoms with E-state index in [1.54, 1.807) is 18.2 Å². The third-order valence-corrected chi connectivity index (χ3v) is 6.04. The summed E-state index contributed by atoms with van der Waals surface area (Å²) in [7, 11) is -3.56. The van der Waals surface area contributed by atoms with E-state index in [0.717, 1.165) is 12.8 Å². The molecule has 0 spiro atoms. The molecule has 0 radical (unpaired) electrons. The number of hydrogen-bond acceptors (Lipinski definition) is 5. The van der Waals surface area contributed by atoms with Gasteiger partial charge in [0.2, 0.25) is 10.0 Å². The van der Waals surface area contributed by atoms with Gasteiger partial charge in [0.05, 0.1) is 11.1 Å². The Bertz CT molecular complexity index is 973. The van der Waals surface area contributed by atoms with Gasteiger partial charge in [-0.2, -0.15) is 4.31 Å². The van der Waals surface area contributed by atoms with Crippen LogP contribution in [-0.2, 0) is 19.7 Å². The average molecular weight is 405 g/mol. The average Bonchev–Trinajstić information content (AvgIpc) is 3.21. The number of rotatable bonds is 7. The molecule has 1 saturated heterocycles. The highest BCUT2D eigenvalue weighted by Gasteiger charge is 2.27. The quantitative estimate of drug-likeness (QED) is 0.567. The Balaban J connectivity index is 1.55. The maximum absolute atomic E-state index is 13.0. The predicted octanol–water partition coefficient (Wildman–Crippen LogP) is 2.60. The van der Waals surface area contributed by atoms with Crippen molar-refractivity contribution >= 4 is 27.8 Å². The number of benzene rings is 2. The fourth-order valence-corrected chi connectivity index (χ4v) is 4.35. The monoisotopic (exact) mass is 405 g/mol. The van der Waals surface area contributed by atoms with Gasteiger partial charge in [0.1, 0.15) is 5.82 Å². The number of nitrogens with one attached hydrogen (secondary N) is 1. The lowest BCUT2D eigenvalue weighted by molar-refractivity contribution is -0.120. The zero-order chi connectivity index (χ0) is 20.0. The molecule has 1 aliphatic heterocycles. The molecule has 0 saturated carbocycles. The second kappa shape index (κ2) is 8.94. The molecule has 28 heavy (non-hydrogen) atoms. The van der Waals surface area contributed by atoms with Crippen molar-refractivity contribution in [2.24, 2.45) is 5.16 Å². The van der Waals surface area contributed by atoms with Crippen LogP contribution in [0.25, 0.3) is 0 Å². The second-order valence-corrected chi connectivity index (χ2v) is 8.19. The van der Waals surface area contributed by atoms with Gasteiger partial charge in [0.25, 0.3) is 5.91 Å². The minimum atomic E-state index is -3.56. The summed E-state index contributed by atoms with van der Waals surface area (Å²) < 4.78 is 39.7. The van der Waals surface area contributed by atoms with Crippen LogP contribution < -0.4 is 5.32 Å². The van der Waals surface area contributed by atoms with Gasteiger partial charge in [-0.3, -0.25) is 4.79 Å². The topological polar surface area (TPSA) is 88.1 Å². The van der Waals surface area contributed by atoms with E-state index in [1.807, 2.05) is 0 Å². The van der Waals surface area contributed by atoms with Gasteiger partial charge in [-0.05, 0) is 48.7 Å². The highest BCUT2D eigenvalue weighted by atomic mass is 32.2. The molecule has 3 rings (SSSR count). The van der Waals surface area contributed by atoms with Gasteiger partial charge in [0, 0.05) is 18.8 Å². The standard InChI is InChI=1S/C19H20FN3O4S/c20-16-6-3-5-15(11-16)13-21-27-14-19(24)22-17-7-4-8-18(12-17)28(25,26)23-9-1-2-10-23/h3-8,11-13H,1-2,9-10,14H2,(H,22,24)/b21-13-. The van der Waals surface area contributed by atoms with Crippen molar-refractivity contribution in [3.05, 3.63) is 59.9 Å². The van der Waals surface area contributed by atoms with Gasteiger partial charge in [0.15, 0.2) is 6.61 Å². The van der Waals surface area contributed by atoms with E-state index in [0.29, 0.717) is 24.3 Å². The van der Waals surface area contributed by atoms with E-state index in [1.165, 1.54) is 40.9 Å². The fraction of sp³-hybridized carbons (Fsp3) is 0.263. The van der Waals surface area contributed by atoms with Crippen molar-refractivity contribution in [1.29, 1.82) is 0 Å². The van der Waals surface area contributed by atoms with Crippen molar-refractivity contribution in [2.75, 3.05) is 25.0 Å². The molecule has 0 atom stereocenters. The van der Waals surface area contributed by atoms with Gasteiger partial charge in [-0.25, -0.2) is 12.8 Å². The largest absolute Gasteiger partial charge is 0.386 e. The zero-order valence-electron chi connectivity index (χ0n) is 15.0. The van der Waals surface area contributed by atoms with Crippen molar-refractivity contribution in [1.82, 2.24) is 4.31 Å². The summed E-state index contributed by atoms with van der Waals surface area (Å²) in [4.78, 5) is 17.0. The number of oxime groups is 1. The highest BCUT2D eigenvalue weighted by Crippen LogP contribution is 2.23. The van der Waals surface area contributed by atoms with E-state index in [4.69, 9.17) is 4.84 Å². The van der Waals surface area contributed by atoms with Crippen molar-refractivity contribution in [3.8, 4) is 0 Å². The van der Waals surface area contributed by atoms with E-state index >= 15 is 0 Å². The Labute approximate surface area is 162 Å². The van der Waals surface area contributed by atoms with E-state index < -0.39 is 21.7 Å². The third-order valence-electron chi connectivity index (χ3n) is 4.14. The van der Waals surface area contributed by atoms with Crippen LogP contribution in [0.1, 0.15) is 18.4 Å². The van der Waals surface area contributed by atoms with Crippen LogP contribution in [0.3, 0.4) is 0 Å². The molecule has 2 aromatic carbocycles. The summed E-state index contributed by atoms with van der Waals surface area (Å²) in [5, 5.41) is 6.19. The maximum atomic E-state index is 13.0. The molecule has 1 fully saturated rings. The lowest BCUT2D eigenvalue weighted by Gasteiger charge is -2.16. The smallest absolute Gasteiger partial charge is 0.265 e. The molecule has 1 N–H and O–H groups in total. The number of carbonyl (C=O) groups excluding carboxylic acids is 1. The van der Waals surface area contributed by atoms with Crippen LogP contribution in [0, 0.1) is 5.82 Å². The van der Waals surface area contributed by atoms with Crippen LogP contribution in [0.2, 0.25) is 0 Å². The van der Waals surface area contributed by atoms with E-state index in [2.05, 4.69) is 10.5 Å². The second-order valence-electron chi connectivity index (χ2n) is 6.25. The Morgan fingerprint density at radius 3 is 2.68 bits per heavy atom. The summed E-state index contributed by atoms with van der Waals surface area (Å²) in [6.45, 7) is 0.654. The molecule has 0 aromatic heterocycles. The van der Waals surface area contributed by atoms with Crippen LogP contribution in [0.15, 0.2) is 58.6 Å². The maximum Gasteiger partial charge on any atom is 0.265 e. The lowest BCUT2D eigenvalue weighted by atomic mass is 10.2. The molecular formula is C19H20FN3O4S. The molecule has 0 bridgehead atoms. The summed E-state index contributed by atoms with van der Waals surface area (Å²) in [5.41, 5.74) is 0.850. The first-order valence-corrected chi connectivity index (χ1v) is 10.2. The number of halogens is 1. The Hall–Kier alpha value is -2.78. The highest BCUT2D eigenvalue weighted by molar-refractivity contribution is 7.89. The normalized spacial score (nSPS) is 15.0. The van der Waals surface area contributed by atoms with Crippen LogP contribution >= 0.6 is 0 Å². The molecule has 1 heterocycles. The number of sulfonamides is 1. The number of nitrogens with zero attached hydrogens (tertiary/aromatic N) is 2. The number of carbonyl (C=O) groups is 1. The molecule has 2 aromatic rings. The molecular weight excluding hydrogens is 385 g/mol. The molecule has 1 amide bonds. The summed E-state index contributed by atoms with van der Waals surface area (Å²) in [6.07, 6.45) is 2.99. The molecule has 0 aliphatic carbocycles. The van der Waals surface area contributed by atoms with Gasteiger partial charge in [-0.15, -0.1) is 0 Å². The summed E-state index contributed by atoms with van der Waals surface area (Å²) in [6, 6.07) is 11.8. The van der Waals surface area contributed by atoms with Crippen molar-refractivity contribution in [3.63, 3.8) is 0 Å². The van der Waals surface area contributed by atoms with Crippen LogP contribution in [-0.4, -0.2) is 44.5 Å². The third kappa shape index (κ3) is 5.14. The SMILES string of the molecule is O=C(CO/N=C\c1cccc(F)c1)Nc1cccc(S(=O)(=O)N2CCCC2)c1. The van der Waals surface area contributed by atoms with Crippen molar-refractivity contribution in [2.45, 2.75) is 17.7 Å². The number of hydrogen-bond donors (Lipinski definition) is 1. The minimum absolute atomic E-state index is 0.136. The number of amides is 1. The first kappa shape index (κ1) is 20.0. The Morgan fingerprint density at radius 1 is 1.18 bits per heavy atom. The minimum Gasteiger partial charge on any atom is -0.386 e. The Morgan fingerprint density at radius 2 is 1.93 bits per heavy atom. The molecule has 7 nitrogen and oxygen atoms in total. The van der Waals surface area contributed by atoms with Crippen molar-refractivity contribution < 1.29 is 22.4 Å². The molecule has 9 heteroatoms. The molecule has 0 unspecified atom stereocenters. The molecule has 148 valence electrons. The predicted molar refractivity (Wildman–Crippen MR) is 103 cm³/mol. The van der Waals surface area contributed by atoms with Crippen LogP contribution in [0.4, 0.5) is 10.1 Å². The van der Waals surface area contributed by atoms with E-state index in [-0.39, 0.29) is 11.5 Å². The summed E-state index contributed by atoms with van der Waals surface area (Å²) >= 11 is 0. The Kier molecular flexibility index (Phi) is 6.37. The van der Waals surface area contributed by atoms with Gasteiger partial charge >= 0.3 is 0 Å². The van der Waals surface area contributed by atoms with E-state index in [9.17, 15) is 17.6 Å². The van der Waals surface area contributed by atoms with Gasteiger partial charge in [-0.1, -0.05) is 23.4 Å². The molecule has 1 aliphatic rings. The first-order chi connectivity index (χ1) is 13.4. The zero-order valence-corrected chi connectivity index (χ0v) is 15.9. The first-order valence-electron chi connectivity index (χ1n) is 8.76. The lowest BCUT2D eigenvalue weighted by Crippen LogP contribution is -2.28. The van der Waals surface area contributed by atoms with Gasteiger partial charge < -0.3 is 10.2 Å². The number of anilines is 1. The summed E-state index contributed by atoms with van der Waals surface area (Å²) in [5.74, 6) is -0.891.